The van der Waals surface area contributed by atoms with Gasteiger partial charge in [-0.2, -0.15) is 0 Å². The van der Waals surface area contributed by atoms with Crippen molar-refractivity contribution in [2.75, 3.05) is 0 Å². The van der Waals surface area contributed by atoms with E-state index in [2.05, 4.69) is 4.98 Å². The van der Waals surface area contributed by atoms with E-state index in [1.807, 2.05) is 80.6 Å². The largest absolute Gasteiger partial charge is 0.489 e. The van der Waals surface area contributed by atoms with Gasteiger partial charge in [-0.3, -0.25) is 0 Å². The summed E-state index contributed by atoms with van der Waals surface area (Å²) in [6, 6.07) is 21.6. The molecule has 4 heteroatoms. The van der Waals surface area contributed by atoms with E-state index in [0.29, 0.717) is 16.7 Å². The number of para-hydroxylation sites is 2. The fraction of sp³-hybridized carbons (Fsp3) is 0.136. The zero-order valence-electron chi connectivity index (χ0n) is 14.6. The first kappa shape index (κ1) is 16.7. The lowest BCUT2D eigenvalue weighted by Gasteiger charge is -2.13. The van der Waals surface area contributed by atoms with Crippen LogP contribution in [0.3, 0.4) is 0 Å². The lowest BCUT2D eigenvalue weighted by atomic mass is 9.99. The van der Waals surface area contributed by atoms with Crippen molar-refractivity contribution >= 4 is 22.7 Å². The first-order valence-corrected chi connectivity index (χ1v) is 8.91. The minimum Gasteiger partial charge on any atom is -0.489 e. The predicted molar refractivity (Wildman–Crippen MR) is 106 cm³/mol. The maximum atomic E-state index is 6.42. The first-order valence-electron chi connectivity index (χ1n) is 8.53. The van der Waals surface area contributed by atoms with E-state index in [1.54, 1.807) is 0 Å². The molecule has 0 saturated heterocycles. The summed E-state index contributed by atoms with van der Waals surface area (Å²) in [5.74, 6) is 1.28. The monoisotopic (exact) mass is 363 g/mol. The van der Waals surface area contributed by atoms with E-state index in [9.17, 15) is 0 Å². The van der Waals surface area contributed by atoms with Crippen molar-refractivity contribution in [3.05, 3.63) is 71.8 Å². The molecule has 1 heterocycles. The van der Waals surface area contributed by atoms with Crippen LogP contribution in [-0.2, 0) is 0 Å². The Kier molecular flexibility index (Phi) is 4.39. The van der Waals surface area contributed by atoms with Crippen molar-refractivity contribution < 1.29 is 9.15 Å². The molecule has 0 N–H and O–H groups in total. The second kappa shape index (κ2) is 6.85. The smallest absolute Gasteiger partial charge is 0.227 e. The van der Waals surface area contributed by atoms with Gasteiger partial charge in [0.15, 0.2) is 5.58 Å². The normalized spacial score (nSPS) is 11.2. The molecule has 0 saturated carbocycles. The molecule has 4 rings (SSSR count). The third-order valence-corrected chi connectivity index (χ3v) is 4.35. The van der Waals surface area contributed by atoms with Gasteiger partial charge < -0.3 is 9.15 Å². The van der Waals surface area contributed by atoms with Crippen LogP contribution in [0.1, 0.15) is 13.8 Å². The molecule has 0 amide bonds. The Morgan fingerprint density at radius 2 is 1.65 bits per heavy atom. The zero-order valence-corrected chi connectivity index (χ0v) is 15.3. The Labute approximate surface area is 157 Å². The van der Waals surface area contributed by atoms with Crippen molar-refractivity contribution in [2.45, 2.75) is 20.0 Å². The number of hydrogen-bond acceptors (Lipinski definition) is 3. The van der Waals surface area contributed by atoms with E-state index in [-0.39, 0.29) is 6.10 Å². The molecule has 0 fully saturated rings. The van der Waals surface area contributed by atoms with Crippen LogP contribution in [0.2, 0.25) is 5.02 Å². The van der Waals surface area contributed by atoms with Gasteiger partial charge in [-0.25, -0.2) is 4.98 Å². The average molecular weight is 364 g/mol. The number of benzene rings is 3. The Balaban J connectivity index is 1.80. The van der Waals surface area contributed by atoms with Crippen LogP contribution in [0.5, 0.6) is 5.75 Å². The molecular weight excluding hydrogens is 346 g/mol. The lowest BCUT2D eigenvalue weighted by Crippen LogP contribution is -2.05. The zero-order chi connectivity index (χ0) is 18.1. The van der Waals surface area contributed by atoms with Crippen LogP contribution in [0.15, 0.2) is 71.1 Å². The summed E-state index contributed by atoms with van der Waals surface area (Å²) >= 11 is 6.42. The number of fused-ring (bicyclic) bond motifs is 1. The molecule has 3 aromatic carbocycles. The van der Waals surface area contributed by atoms with Gasteiger partial charge in [0.05, 0.1) is 11.1 Å². The fourth-order valence-corrected chi connectivity index (χ4v) is 3.15. The highest BCUT2D eigenvalue weighted by Gasteiger charge is 2.14. The van der Waals surface area contributed by atoms with E-state index in [1.165, 1.54) is 0 Å². The van der Waals surface area contributed by atoms with Crippen LogP contribution >= 0.6 is 11.6 Å². The van der Waals surface area contributed by atoms with Gasteiger partial charge in [-0.1, -0.05) is 48.0 Å². The van der Waals surface area contributed by atoms with Crippen molar-refractivity contribution in [3.63, 3.8) is 0 Å². The number of ether oxygens (including phenoxy) is 1. The average Bonchev–Trinajstić information content (AvgIpc) is 3.07. The molecule has 0 radical (unpaired) electrons. The van der Waals surface area contributed by atoms with Gasteiger partial charge in [0.25, 0.3) is 0 Å². The molecule has 4 aromatic rings. The van der Waals surface area contributed by atoms with Crippen LogP contribution in [-0.4, -0.2) is 11.1 Å². The number of nitrogens with zero attached hydrogens (tertiary/aromatic N) is 1. The summed E-state index contributed by atoms with van der Waals surface area (Å²) in [6.45, 7) is 3.96. The standard InChI is InChI=1S/C22H18ClNO2/c1-14(2)25-20-12-11-15(13-18(20)23)16-7-3-4-8-17(16)22-24-19-9-5-6-10-21(19)26-22/h3-14H,1-2H3. The molecule has 130 valence electrons. The van der Waals surface area contributed by atoms with Gasteiger partial charge >= 0.3 is 0 Å². The number of rotatable bonds is 4. The molecule has 0 spiro atoms. The molecule has 0 unspecified atom stereocenters. The van der Waals surface area contributed by atoms with Gasteiger partial charge in [0.1, 0.15) is 11.3 Å². The molecule has 0 aliphatic carbocycles. The summed E-state index contributed by atoms with van der Waals surface area (Å²) in [7, 11) is 0. The van der Waals surface area contributed by atoms with Crippen molar-refractivity contribution in [2.24, 2.45) is 0 Å². The van der Waals surface area contributed by atoms with Crippen molar-refractivity contribution in [1.29, 1.82) is 0 Å². The van der Waals surface area contributed by atoms with Crippen LogP contribution in [0.4, 0.5) is 0 Å². The highest BCUT2D eigenvalue weighted by Crippen LogP contribution is 2.36. The van der Waals surface area contributed by atoms with E-state index >= 15 is 0 Å². The third kappa shape index (κ3) is 3.18. The molecule has 0 atom stereocenters. The SMILES string of the molecule is CC(C)Oc1ccc(-c2ccccc2-c2nc3ccccc3o2)cc1Cl. The number of hydrogen-bond donors (Lipinski definition) is 0. The summed E-state index contributed by atoms with van der Waals surface area (Å²) in [4.78, 5) is 4.62. The van der Waals surface area contributed by atoms with E-state index < -0.39 is 0 Å². The fourth-order valence-electron chi connectivity index (χ4n) is 2.93. The Hall–Kier alpha value is -2.78. The second-order valence-electron chi connectivity index (χ2n) is 6.34. The molecule has 0 aliphatic rings. The summed E-state index contributed by atoms with van der Waals surface area (Å²) < 4.78 is 11.7. The summed E-state index contributed by atoms with van der Waals surface area (Å²) in [5.41, 5.74) is 4.55. The molecule has 3 nitrogen and oxygen atoms in total. The first-order chi connectivity index (χ1) is 12.6. The van der Waals surface area contributed by atoms with Gasteiger partial charge in [0.2, 0.25) is 5.89 Å². The Bertz CT molecular complexity index is 1040. The minimum absolute atomic E-state index is 0.0744. The summed E-state index contributed by atoms with van der Waals surface area (Å²) in [6.07, 6.45) is 0.0744. The Morgan fingerprint density at radius 1 is 0.923 bits per heavy atom. The highest BCUT2D eigenvalue weighted by molar-refractivity contribution is 6.32. The van der Waals surface area contributed by atoms with Crippen LogP contribution in [0, 0.1) is 0 Å². The van der Waals surface area contributed by atoms with Gasteiger partial charge in [0, 0.05) is 5.56 Å². The predicted octanol–water partition coefficient (Wildman–Crippen LogP) is 6.60. The summed E-state index contributed by atoms with van der Waals surface area (Å²) in [5, 5.41) is 0.587. The third-order valence-electron chi connectivity index (χ3n) is 4.06. The molecular formula is C22H18ClNO2. The van der Waals surface area contributed by atoms with Crippen molar-refractivity contribution in [1.82, 2.24) is 4.98 Å². The van der Waals surface area contributed by atoms with Gasteiger partial charge in [-0.05, 0) is 55.3 Å². The topological polar surface area (TPSA) is 35.3 Å². The van der Waals surface area contributed by atoms with E-state index in [0.717, 1.165) is 27.8 Å². The lowest BCUT2D eigenvalue weighted by molar-refractivity contribution is 0.242. The highest BCUT2D eigenvalue weighted by atomic mass is 35.5. The Morgan fingerprint density at radius 3 is 2.38 bits per heavy atom. The van der Waals surface area contributed by atoms with Crippen LogP contribution in [0.25, 0.3) is 33.7 Å². The maximum Gasteiger partial charge on any atom is 0.227 e. The minimum atomic E-state index is 0.0744. The second-order valence-corrected chi connectivity index (χ2v) is 6.75. The van der Waals surface area contributed by atoms with Gasteiger partial charge in [-0.15, -0.1) is 0 Å². The molecule has 1 aromatic heterocycles. The van der Waals surface area contributed by atoms with Crippen LogP contribution < -0.4 is 4.74 Å². The quantitative estimate of drug-likeness (QED) is 0.409. The number of halogens is 1. The molecule has 0 bridgehead atoms. The maximum absolute atomic E-state index is 6.42. The number of oxazole rings is 1. The van der Waals surface area contributed by atoms with E-state index in [4.69, 9.17) is 20.8 Å². The number of aromatic nitrogens is 1. The molecule has 0 aliphatic heterocycles. The molecule has 26 heavy (non-hydrogen) atoms. The van der Waals surface area contributed by atoms with Crippen molar-refractivity contribution in [3.8, 4) is 28.3 Å².